The van der Waals surface area contributed by atoms with Gasteiger partial charge in [0.1, 0.15) is 0 Å². The Labute approximate surface area is 190 Å². The van der Waals surface area contributed by atoms with Crippen LogP contribution in [0, 0.1) is 12.8 Å². The maximum Gasteiger partial charge on any atom is 0.211 e. The van der Waals surface area contributed by atoms with Crippen LogP contribution in [-0.4, -0.2) is 63.1 Å². The minimum atomic E-state index is -3.06. The minimum absolute atomic E-state index is 0. The molecule has 0 unspecified atom stereocenters. The zero-order chi connectivity index (χ0) is 20.1. The number of hydrogen-bond acceptors (Lipinski definition) is 3. The average molecular weight is 533 g/mol. The van der Waals surface area contributed by atoms with Crippen molar-refractivity contribution in [3.8, 4) is 0 Å². The normalized spacial score (nSPS) is 16.6. The molecule has 1 aliphatic heterocycles. The number of aliphatic imine (C=N–C) groups is 1. The number of nitrogens with zero attached hydrogens (tertiary/aromatic N) is 2. The zero-order valence-electron chi connectivity index (χ0n) is 17.4. The van der Waals surface area contributed by atoms with Crippen LogP contribution in [0.3, 0.4) is 0 Å². The molecule has 2 aromatic rings. The third-order valence-electron chi connectivity index (χ3n) is 5.52. The standard InChI is InChI=1S/C20H31N5O2S.HI/c1-15-17(18-6-4-5-7-19(18)24-15)8-11-22-20(21-2)23-14-16-9-12-25(13-10-16)28(3,26)27;/h4-7,16,24H,8-14H2,1-3H3,(H2,21,22,23);1H. The van der Waals surface area contributed by atoms with Gasteiger partial charge in [-0.15, -0.1) is 24.0 Å². The number of rotatable bonds is 6. The van der Waals surface area contributed by atoms with Crippen molar-refractivity contribution in [3.63, 3.8) is 0 Å². The molecule has 1 aromatic carbocycles. The first-order valence-electron chi connectivity index (χ1n) is 9.84. The highest BCUT2D eigenvalue weighted by Crippen LogP contribution is 2.22. The maximum atomic E-state index is 11.6. The first-order chi connectivity index (χ1) is 13.4. The predicted molar refractivity (Wildman–Crippen MR) is 131 cm³/mol. The quantitative estimate of drug-likeness (QED) is 0.303. The first kappa shape index (κ1) is 23.9. The van der Waals surface area contributed by atoms with Crippen molar-refractivity contribution in [1.82, 2.24) is 19.9 Å². The molecular weight excluding hydrogens is 501 g/mol. The Morgan fingerprint density at radius 3 is 2.59 bits per heavy atom. The van der Waals surface area contributed by atoms with Crippen LogP contribution in [0.25, 0.3) is 10.9 Å². The molecule has 7 nitrogen and oxygen atoms in total. The van der Waals surface area contributed by atoms with Crippen LogP contribution < -0.4 is 10.6 Å². The molecule has 0 aliphatic carbocycles. The largest absolute Gasteiger partial charge is 0.358 e. The van der Waals surface area contributed by atoms with E-state index in [1.54, 1.807) is 11.4 Å². The van der Waals surface area contributed by atoms with Crippen molar-refractivity contribution in [3.05, 3.63) is 35.5 Å². The van der Waals surface area contributed by atoms with Gasteiger partial charge in [0.2, 0.25) is 10.0 Å². The summed E-state index contributed by atoms with van der Waals surface area (Å²) in [5, 5.41) is 8.06. The van der Waals surface area contributed by atoms with E-state index in [9.17, 15) is 8.42 Å². The van der Waals surface area contributed by atoms with E-state index in [4.69, 9.17) is 0 Å². The van der Waals surface area contributed by atoms with Crippen molar-refractivity contribution in [2.24, 2.45) is 10.9 Å². The molecule has 9 heteroatoms. The summed E-state index contributed by atoms with van der Waals surface area (Å²) in [4.78, 5) is 7.75. The number of hydrogen-bond donors (Lipinski definition) is 3. The molecule has 1 aliphatic rings. The summed E-state index contributed by atoms with van der Waals surface area (Å²) in [6, 6.07) is 8.38. The number of nitrogens with one attached hydrogen (secondary N) is 3. The van der Waals surface area contributed by atoms with Crippen molar-refractivity contribution in [1.29, 1.82) is 0 Å². The van der Waals surface area contributed by atoms with Crippen LogP contribution in [-0.2, 0) is 16.4 Å². The van der Waals surface area contributed by atoms with Crippen molar-refractivity contribution in [2.75, 3.05) is 39.5 Å². The van der Waals surface area contributed by atoms with E-state index < -0.39 is 10.0 Å². The molecule has 29 heavy (non-hydrogen) atoms. The molecule has 0 bridgehead atoms. The average Bonchev–Trinajstić information content (AvgIpc) is 2.99. The van der Waals surface area contributed by atoms with E-state index in [0.717, 1.165) is 38.3 Å². The lowest BCUT2D eigenvalue weighted by Crippen LogP contribution is -2.44. The second-order valence-corrected chi connectivity index (χ2v) is 9.49. The number of aromatic amines is 1. The molecule has 0 atom stereocenters. The monoisotopic (exact) mass is 533 g/mol. The van der Waals surface area contributed by atoms with Crippen molar-refractivity contribution >= 4 is 50.9 Å². The molecule has 162 valence electrons. The van der Waals surface area contributed by atoms with Gasteiger partial charge in [-0.05, 0) is 43.7 Å². The number of H-pyrrole nitrogens is 1. The summed E-state index contributed by atoms with van der Waals surface area (Å²) in [6.07, 6.45) is 3.97. The third-order valence-corrected chi connectivity index (χ3v) is 6.82. The van der Waals surface area contributed by atoms with E-state index in [0.29, 0.717) is 19.0 Å². The second kappa shape index (κ2) is 10.6. The number of guanidine groups is 1. The van der Waals surface area contributed by atoms with E-state index in [2.05, 4.69) is 45.7 Å². The lowest BCUT2D eigenvalue weighted by molar-refractivity contribution is 0.275. The number of piperidine rings is 1. The highest BCUT2D eigenvalue weighted by atomic mass is 127. The minimum Gasteiger partial charge on any atom is -0.358 e. The lowest BCUT2D eigenvalue weighted by Gasteiger charge is -2.30. The highest BCUT2D eigenvalue weighted by molar-refractivity contribution is 14.0. The van der Waals surface area contributed by atoms with E-state index in [1.807, 2.05) is 6.07 Å². The molecule has 0 amide bonds. The van der Waals surface area contributed by atoms with Gasteiger partial charge in [-0.3, -0.25) is 4.99 Å². The third kappa shape index (κ3) is 6.32. The Morgan fingerprint density at radius 2 is 1.93 bits per heavy atom. The molecule has 3 rings (SSSR count). The number of aryl methyl sites for hydroxylation is 1. The van der Waals surface area contributed by atoms with Gasteiger partial charge in [0.25, 0.3) is 0 Å². The molecule has 0 saturated carbocycles. The fourth-order valence-corrected chi connectivity index (χ4v) is 4.74. The molecule has 1 aromatic heterocycles. The van der Waals surface area contributed by atoms with Gasteiger partial charge in [-0.25, -0.2) is 12.7 Å². The van der Waals surface area contributed by atoms with Crippen LogP contribution in [0.2, 0.25) is 0 Å². The Balaban J connectivity index is 0.00000300. The number of sulfonamides is 1. The Kier molecular flexibility index (Phi) is 8.77. The number of halogens is 1. The van der Waals surface area contributed by atoms with Gasteiger partial charge >= 0.3 is 0 Å². The zero-order valence-corrected chi connectivity index (χ0v) is 20.5. The van der Waals surface area contributed by atoms with Crippen molar-refractivity contribution < 1.29 is 8.42 Å². The summed E-state index contributed by atoms with van der Waals surface area (Å²) in [6.45, 7) is 4.94. The molecular formula is C20H32IN5O2S. The van der Waals surface area contributed by atoms with Gasteiger partial charge in [-0.2, -0.15) is 0 Å². The Morgan fingerprint density at radius 1 is 1.24 bits per heavy atom. The van der Waals surface area contributed by atoms with Gasteiger partial charge < -0.3 is 15.6 Å². The van der Waals surface area contributed by atoms with Gasteiger partial charge in [0.15, 0.2) is 5.96 Å². The highest BCUT2D eigenvalue weighted by Gasteiger charge is 2.24. The molecule has 0 radical (unpaired) electrons. The summed E-state index contributed by atoms with van der Waals surface area (Å²) >= 11 is 0. The fourth-order valence-electron chi connectivity index (χ4n) is 3.87. The molecule has 1 fully saturated rings. The molecule has 2 heterocycles. The topological polar surface area (TPSA) is 89.6 Å². The van der Waals surface area contributed by atoms with E-state index in [1.165, 1.54) is 28.4 Å². The summed E-state index contributed by atoms with van der Waals surface area (Å²) < 4.78 is 24.8. The lowest BCUT2D eigenvalue weighted by atomic mass is 9.98. The summed E-state index contributed by atoms with van der Waals surface area (Å²) in [7, 11) is -1.29. The van der Waals surface area contributed by atoms with Crippen LogP contribution >= 0.6 is 24.0 Å². The van der Waals surface area contributed by atoms with Crippen molar-refractivity contribution in [2.45, 2.75) is 26.2 Å². The maximum absolute atomic E-state index is 11.6. The second-order valence-electron chi connectivity index (χ2n) is 7.51. The van der Waals surface area contributed by atoms with Crippen LogP contribution in [0.4, 0.5) is 0 Å². The van der Waals surface area contributed by atoms with Crippen LogP contribution in [0.1, 0.15) is 24.1 Å². The van der Waals surface area contributed by atoms with E-state index in [-0.39, 0.29) is 24.0 Å². The Bertz CT molecular complexity index is 933. The van der Waals surface area contributed by atoms with Gasteiger partial charge in [0.05, 0.1) is 6.26 Å². The van der Waals surface area contributed by atoms with Gasteiger partial charge in [-0.1, -0.05) is 18.2 Å². The smallest absolute Gasteiger partial charge is 0.211 e. The predicted octanol–water partition coefficient (Wildman–Crippen LogP) is 2.47. The number of aromatic nitrogens is 1. The molecule has 3 N–H and O–H groups in total. The van der Waals surface area contributed by atoms with E-state index >= 15 is 0 Å². The molecule has 1 saturated heterocycles. The number of para-hydroxylation sites is 1. The Hall–Kier alpha value is -1.33. The fraction of sp³-hybridized carbons (Fsp3) is 0.550. The van der Waals surface area contributed by atoms with Gasteiger partial charge in [0, 0.05) is 49.8 Å². The number of fused-ring (bicyclic) bond motifs is 1. The SMILES string of the molecule is CN=C(NCCc1c(C)[nH]c2ccccc12)NCC1CCN(S(C)(=O)=O)CC1.I. The first-order valence-corrected chi connectivity index (χ1v) is 11.7. The van der Waals surface area contributed by atoms with Crippen LogP contribution in [0.5, 0.6) is 0 Å². The van der Waals surface area contributed by atoms with Crippen LogP contribution in [0.15, 0.2) is 29.3 Å². The molecule has 0 spiro atoms. The number of benzene rings is 1. The summed E-state index contributed by atoms with van der Waals surface area (Å²) in [5.41, 5.74) is 3.73. The summed E-state index contributed by atoms with van der Waals surface area (Å²) in [5.74, 6) is 1.26.